The third kappa shape index (κ3) is 3.02. The average Bonchev–Trinajstić information content (AvgIpc) is 2.52. The van der Waals surface area contributed by atoms with Gasteiger partial charge in [0.05, 0.1) is 6.54 Å². The number of hydrogen-bond acceptors (Lipinski definition) is 2. The van der Waals surface area contributed by atoms with Gasteiger partial charge in [0.15, 0.2) is 0 Å². The van der Waals surface area contributed by atoms with Gasteiger partial charge in [-0.3, -0.25) is 14.5 Å². The first-order valence-electron chi connectivity index (χ1n) is 7.16. The molecule has 3 nitrogen and oxygen atoms in total. The summed E-state index contributed by atoms with van der Waals surface area (Å²) in [7, 11) is 0. The third-order valence-electron chi connectivity index (χ3n) is 3.90. The maximum atomic E-state index is 12.3. The maximum Gasteiger partial charge on any atom is 0.230 e. The van der Waals surface area contributed by atoms with Gasteiger partial charge in [-0.25, -0.2) is 0 Å². The molecular weight excluding hydrogens is 262 g/mol. The van der Waals surface area contributed by atoms with Crippen molar-refractivity contribution >= 4 is 11.8 Å². The van der Waals surface area contributed by atoms with Gasteiger partial charge in [0.1, 0.15) is 0 Å². The molecule has 1 aliphatic rings. The second-order valence-electron chi connectivity index (χ2n) is 5.38. The van der Waals surface area contributed by atoms with Gasteiger partial charge in [-0.2, -0.15) is 0 Å². The summed E-state index contributed by atoms with van der Waals surface area (Å²) in [5.41, 5.74) is 2.05. The average molecular weight is 279 g/mol. The van der Waals surface area contributed by atoms with E-state index in [1.54, 1.807) is 0 Å². The molecule has 0 aliphatic carbocycles. The Morgan fingerprint density at radius 2 is 1.33 bits per heavy atom. The highest BCUT2D eigenvalue weighted by Crippen LogP contribution is 2.30. The van der Waals surface area contributed by atoms with Crippen LogP contribution in [0.15, 0.2) is 60.7 Å². The topological polar surface area (TPSA) is 37.4 Å². The van der Waals surface area contributed by atoms with Crippen molar-refractivity contribution in [3.63, 3.8) is 0 Å². The monoisotopic (exact) mass is 279 g/mol. The molecule has 1 fully saturated rings. The van der Waals surface area contributed by atoms with Gasteiger partial charge in [-0.1, -0.05) is 60.7 Å². The Morgan fingerprint density at radius 3 is 1.90 bits per heavy atom. The Balaban J connectivity index is 1.73. The number of carbonyl (C=O) groups excluding carboxylic acids is 2. The van der Waals surface area contributed by atoms with Gasteiger partial charge in [0, 0.05) is 18.8 Å². The van der Waals surface area contributed by atoms with Crippen LogP contribution in [-0.4, -0.2) is 16.7 Å². The predicted molar refractivity (Wildman–Crippen MR) is 80.4 cm³/mol. The van der Waals surface area contributed by atoms with Gasteiger partial charge in [-0.15, -0.1) is 0 Å². The second kappa shape index (κ2) is 5.92. The Bertz CT molecular complexity index is 619. The molecule has 2 aromatic carbocycles. The van der Waals surface area contributed by atoms with Crippen molar-refractivity contribution in [3.8, 4) is 0 Å². The van der Waals surface area contributed by atoms with E-state index in [1.807, 2.05) is 60.7 Å². The lowest BCUT2D eigenvalue weighted by atomic mass is 9.88. The molecule has 0 spiro atoms. The Kier molecular flexibility index (Phi) is 3.82. The molecule has 21 heavy (non-hydrogen) atoms. The first kappa shape index (κ1) is 13.6. The molecule has 0 atom stereocenters. The smallest absolute Gasteiger partial charge is 0.230 e. The van der Waals surface area contributed by atoms with Crippen LogP contribution in [0.25, 0.3) is 0 Å². The van der Waals surface area contributed by atoms with Crippen molar-refractivity contribution in [3.05, 3.63) is 71.8 Å². The van der Waals surface area contributed by atoms with Gasteiger partial charge in [0.25, 0.3) is 0 Å². The van der Waals surface area contributed by atoms with Crippen molar-refractivity contribution in [1.82, 2.24) is 4.90 Å². The minimum atomic E-state index is -0.0797. The summed E-state index contributed by atoms with van der Waals surface area (Å²) in [5.74, 6) is -0.147. The fourth-order valence-corrected chi connectivity index (χ4v) is 2.76. The lowest BCUT2D eigenvalue weighted by Crippen LogP contribution is -2.42. The molecule has 3 heteroatoms. The number of likely N-dealkylation sites (tertiary alicyclic amines) is 1. The summed E-state index contributed by atoms with van der Waals surface area (Å²) in [6, 6.07) is 19.4. The molecule has 0 N–H and O–H groups in total. The largest absolute Gasteiger partial charge is 0.278 e. The van der Waals surface area contributed by atoms with Gasteiger partial charge < -0.3 is 0 Å². The summed E-state index contributed by atoms with van der Waals surface area (Å²) in [6.45, 7) is 0.375. The minimum absolute atomic E-state index is 0.0122. The predicted octanol–water partition coefficient (Wildman–Crippen LogP) is 3.12. The number of carbonyl (C=O) groups is 2. The normalized spacial score (nSPS) is 16.3. The van der Waals surface area contributed by atoms with Crippen LogP contribution < -0.4 is 0 Å². The highest BCUT2D eigenvalue weighted by Gasteiger charge is 2.33. The summed E-state index contributed by atoms with van der Waals surface area (Å²) < 4.78 is 0. The third-order valence-corrected chi connectivity index (χ3v) is 3.90. The minimum Gasteiger partial charge on any atom is -0.278 e. The van der Waals surface area contributed by atoms with Crippen LogP contribution in [0, 0.1) is 0 Å². The lowest BCUT2D eigenvalue weighted by Gasteiger charge is -2.30. The van der Waals surface area contributed by atoms with Crippen LogP contribution in [0.4, 0.5) is 0 Å². The Morgan fingerprint density at radius 1 is 0.810 bits per heavy atom. The zero-order valence-electron chi connectivity index (χ0n) is 11.7. The van der Waals surface area contributed by atoms with E-state index in [1.165, 1.54) is 4.90 Å². The van der Waals surface area contributed by atoms with Crippen molar-refractivity contribution in [2.24, 2.45) is 0 Å². The van der Waals surface area contributed by atoms with Crippen molar-refractivity contribution in [2.45, 2.75) is 25.3 Å². The standard InChI is InChI=1S/C18H17NO2/c20-17-11-16(15-9-5-2-6-10-15)12-18(21)19(17)13-14-7-3-1-4-8-14/h1-10,16H,11-13H2. The van der Waals surface area contributed by atoms with E-state index >= 15 is 0 Å². The maximum absolute atomic E-state index is 12.3. The number of benzene rings is 2. The van der Waals surface area contributed by atoms with Gasteiger partial charge in [0.2, 0.25) is 11.8 Å². The van der Waals surface area contributed by atoms with Crippen LogP contribution in [-0.2, 0) is 16.1 Å². The molecule has 0 unspecified atom stereocenters. The summed E-state index contributed by atoms with van der Waals surface area (Å²) in [4.78, 5) is 26.0. The van der Waals surface area contributed by atoms with Crippen molar-refractivity contribution < 1.29 is 9.59 Å². The zero-order chi connectivity index (χ0) is 14.7. The van der Waals surface area contributed by atoms with E-state index in [0.29, 0.717) is 19.4 Å². The number of hydrogen-bond donors (Lipinski definition) is 0. The highest BCUT2D eigenvalue weighted by atomic mass is 16.2. The number of imide groups is 1. The van der Waals surface area contributed by atoms with E-state index in [4.69, 9.17) is 0 Å². The molecule has 0 bridgehead atoms. The second-order valence-corrected chi connectivity index (χ2v) is 5.38. The van der Waals surface area contributed by atoms with E-state index < -0.39 is 0 Å². The quantitative estimate of drug-likeness (QED) is 0.810. The van der Waals surface area contributed by atoms with Crippen molar-refractivity contribution in [1.29, 1.82) is 0 Å². The molecule has 3 rings (SSSR count). The Labute approximate surface area is 124 Å². The number of nitrogens with zero attached hydrogens (tertiary/aromatic N) is 1. The van der Waals surface area contributed by atoms with E-state index in [0.717, 1.165) is 11.1 Å². The van der Waals surface area contributed by atoms with E-state index in [2.05, 4.69) is 0 Å². The number of piperidine rings is 1. The van der Waals surface area contributed by atoms with Crippen LogP contribution in [0.1, 0.15) is 29.9 Å². The zero-order valence-corrected chi connectivity index (χ0v) is 11.7. The molecule has 0 saturated carbocycles. The molecule has 0 radical (unpaired) electrons. The first-order valence-corrected chi connectivity index (χ1v) is 7.16. The SMILES string of the molecule is O=C1CC(c2ccccc2)CC(=O)N1Cc1ccccc1. The molecule has 1 aliphatic heterocycles. The van der Waals surface area contributed by atoms with E-state index in [-0.39, 0.29) is 17.7 Å². The van der Waals surface area contributed by atoms with Gasteiger partial charge >= 0.3 is 0 Å². The van der Waals surface area contributed by atoms with Crippen LogP contribution in [0.3, 0.4) is 0 Å². The Hall–Kier alpha value is -2.42. The molecule has 2 amide bonds. The summed E-state index contributed by atoms with van der Waals surface area (Å²) >= 11 is 0. The first-order chi connectivity index (χ1) is 10.2. The number of rotatable bonds is 3. The van der Waals surface area contributed by atoms with Gasteiger partial charge in [-0.05, 0) is 11.1 Å². The highest BCUT2D eigenvalue weighted by molar-refractivity contribution is 5.98. The molecule has 1 heterocycles. The van der Waals surface area contributed by atoms with Crippen LogP contribution in [0.5, 0.6) is 0 Å². The summed E-state index contributed by atoms with van der Waals surface area (Å²) in [6.07, 6.45) is 0.811. The molecule has 0 aromatic heterocycles. The molecule has 2 aromatic rings. The van der Waals surface area contributed by atoms with E-state index in [9.17, 15) is 9.59 Å². The van der Waals surface area contributed by atoms with Crippen molar-refractivity contribution in [2.75, 3.05) is 0 Å². The summed E-state index contributed by atoms with van der Waals surface area (Å²) in [5, 5.41) is 0. The fourth-order valence-electron chi connectivity index (χ4n) is 2.76. The lowest BCUT2D eigenvalue weighted by molar-refractivity contribution is -0.149. The molecule has 1 saturated heterocycles. The molecular formula is C18H17NO2. The fraction of sp³-hybridized carbons (Fsp3) is 0.222. The number of amides is 2. The van der Waals surface area contributed by atoms with Crippen LogP contribution >= 0.6 is 0 Å². The van der Waals surface area contributed by atoms with Crippen LogP contribution in [0.2, 0.25) is 0 Å². The molecule has 106 valence electrons.